The molecule has 0 atom stereocenters. The van der Waals surface area contributed by atoms with Gasteiger partial charge in [-0.1, -0.05) is 37.3 Å². The summed E-state index contributed by atoms with van der Waals surface area (Å²) < 4.78 is 0. The summed E-state index contributed by atoms with van der Waals surface area (Å²) in [6.07, 6.45) is 0.519. The fourth-order valence-electron chi connectivity index (χ4n) is 1.66. The number of Topliss-reactive ketones (excluding diaryl/α,β-unsaturated/α-hetero) is 1. The Labute approximate surface area is 94.4 Å². The third-order valence-corrected chi connectivity index (χ3v) is 2.34. The van der Waals surface area contributed by atoms with Crippen molar-refractivity contribution in [2.45, 2.75) is 20.3 Å². The highest BCUT2D eigenvalue weighted by atomic mass is 16.4. The molecule has 3 nitrogen and oxygen atoms in total. The molecule has 0 fully saturated rings. The van der Waals surface area contributed by atoms with Gasteiger partial charge in [0.25, 0.3) is 0 Å². The number of rotatable bonds is 4. The van der Waals surface area contributed by atoms with Crippen molar-refractivity contribution >= 4 is 17.3 Å². The van der Waals surface area contributed by atoms with Crippen LogP contribution in [0.3, 0.4) is 0 Å². The Balaban J connectivity index is 3.38. The van der Waals surface area contributed by atoms with Crippen molar-refractivity contribution in [2.24, 2.45) is 0 Å². The minimum absolute atomic E-state index is 0.117. The molecule has 0 aromatic heterocycles. The van der Waals surface area contributed by atoms with E-state index in [0.717, 1.165) is 5.56 Å². The van der Waals surface area contributed by atoms with Gasteiger partial charge in [0.1, 0.15) is 5.57 Å². The number of carbonyl (C=O) groups excluding carboxylic acids is 1. The number of aliphatic carboxylic acids is 1. The first-order valence-corrected chi connectivity index (χ1v) is 5.10. The van der Waals surface area contributed by atoms with Crippen LogP contribution in [-0.4, -0.2) is 16.9 Å². The molecule has 0 radical (unpaired) electrons. The van der Waals surface area contributed by atoms with E-state index >= 15 is 0 Å². The van der Waals surface area contributed by atoms with E-state index in [1.54, 1.807) is 0 Å². The van der Waals surface area contributed by atoms with E-state index in [-0.39, 0.29) is 5.57 Å². The highest BCUT2D eigenvalue weighted by molar-refractivity contribution is 6.21. The first kappa shape index (κ1) is 12.2. The molecule has 0 unspecified atom stereocenters. The molecule has 1 aromatic rings. The normalized spacial score (nSPS) is 11.9. The zero-order valence-corrected chi connectivity index (χ0v) is 9.36. The van der Waals surface area contributed by atoms with Gasteiger partial charge in [0.05, 0.1) is 0 Å². The van der Waals surface area contributed by atoms with Gasteiger partial charge in [-0.15, -0.1) is 0 Å². The van der Waals surface area contributed by atoms with Crippen LogP contribution in [0.4, 0.5) is 0 Å². The lowest BCUT2D eigenvalue weighted by Gasteiger charge is -2.08. The molecule has 0 saturated heterocycles. The molecular weight excluding hydrogens is 204 g/mol. The van der Waals surface area contributed by atoms with E-state index < -0.39 is 11.8 Å². The molecule has 1 rings (SSSR count). The number of hydrogen-bond donors (Lipinski definition) is 1. The van der Waals surface area contributed by atoms with Crippen LogP contribution in [-0.2, 0) is 9.59 Å². The van der Waals surface area contributed by atoms with Crippen LogP contribution in [0, 0.1) is 0 Å². The second kappa shape index (κ2) is 5.26. The van der Waals surface area contributed by atoms with Crippen molar-refractivity contribution in [1.29, 1.82) is 0 Å². The number of ketones is 1. The molecule has 0 aliphatic rings. The lowest BCUT2D eigenvalue weighted by atomic mass is 9.95. The molecule has 0 amide bonds. The van der Waals surface area contributed by atoms with Crippen LogP contribution in [0.25, 0.3) is 5.57 Å². The van der Waals surface area contributed by atoms with Gasteiger partial charge in [-0.3, -0.25) is 4.79 Å². The predicted molar refractivity (Wildman–Crippen MR) is 62.0 cm³/mol. The van der Waals surface area contributed by atoms with Crippen LogP contribution in [0.2, 0.25) is 0 Å². The van der Waals surface area contributed by atoms with E-state index in [4.69, 9.17) is 5.11 Å². The Morgan fingerprint density at radius 1 is 1.19 bits per heavy atom. The average molecular weight is 218 g/mol. The average Bonchev–Trinajstić information content (AvgIpc) is 2.25. The molecule has 16 heavy (non-hydrogen) atoms. The van der Waals surface area contributed by atoms with E-state index in [9.17, 15) is 9.59 Å². The summed E-state index contributed by atoms with van der Waals surface area (Å²) >= 11 is 0. The molecular formula is C13H14O3. The molecule has 0 aliphatic carbocycles. The van der Waals surface area contributed by atoms with Gasteiger partial charge in [0, 0.05) is 0 Å². The first-order valence-electron chi connectivity index (χ1n) is 5.10. The van der Waals surface area contributed by atoms with Gasteiger partial charge in [-0.2, -0.15) is 0 Å². The maximum absolute atomic E-state index is 11.3. The van der Waals surface area contributed by atoms with Gasteiger partial charge in [0.15, 0.2) is 5.78 Å². The Morgan fingerprint density at radius 3 is 2.12 bits per heavy atom. The summed E-state index contributed by atoms with van der Waals surface area (Å²) in [5, 5.41) is 9.03. The van der Waals surface area contributed by atoms with Crippen molar-refractivity contribution in [3.05, 3.63) is 41.5 Å². The summed E-state index contributed by atoms with van der Waals surface area (Å²) in [4.78, 5) is 22.4. The Bertz CT molecular complexity index is 414. The molecule has 1 N–H and O–H groups in total. The van der Waals surface area contributed by atoms with Crippen LogP contribution < -0.4 is 0 Å². The van der Waals surface area contributed by atoms with Crippen LogP contribution >= 0.6 is 0 Å². The number of carboxylic acid groups (broad SMARTS) is 1. The topological polar surface area (TPSA) is 54.4 Å². The van der Waals surface area contributed by atoms with Gasteiger partial charge in [-0.05, 0) is 24.5 Å². The zero-order valence-electron chi connectivity index (χ0n) is 9.36. The van der Waals surface area contributed by atoms with E-state index in [2.05, 4.69) is 0 Å². The summed E-state index contributed by atoms with van der Waals surface area (Å²) in [7, 11) is 0. The van der Waals surface area contributed by atoms with Crippen LogP contribution in [0.15, 0.2) is 35.9 Å². The number of allylic oxidation sites excluding steroid dienone is 1. The van der Waals surface area contributed by atoms with Gasteiger partial charge < -0.3 is 5.11 Å². The second-order valence-electron chi connectivity index (χ2n) is 3.43. The highest BCUT2D eigenvalue weighted by Gasteiger charge is 2.18. The standard InChI is InChI=1S/C13H14O3/c1-3-11(10-7-5-4-6-8-10)12(9(2)14)13(15)16/h4-8H,3H2,1-2H3,(H,15,16). The minimum atomic E-state index is -1.16. The first-order chi connectivity index (χ1) is 7.57. The Hall–Kier alpha value is -1.90. The largest absolute Gasteiger partial charge is 0.478 e. The third-order valence-electron chi connectivity index (χ3n) is 2.34. The van der Waals surface area contributed by atoms with Gasteiger partial charge in [0.2, 0.25) is 0 Å². The number of hydrogen-bond acceptors (Lipinski definition) is 2. The predicted octanol–water partition coefficient (Wildman–Crippen LogP) is 2.52. The molecule has 0 aliphatic heterocycles. The van der Waals surface area contributed by atoms with Crippen molar-refractivity contribution < 1.29 is 14.7 Å². The molecule has 84 valence electrons. The number of carboxylic acids is 1. The summed E-state index contributed by atoms with van der Waals surface area (Å²) in [5.41, 5.74) is 1.26. The van der Waals surface area contributed by atoms with Gasteiger partial charge >= 0.3 is 5.97 Å². The number of carbonyl (C=O) groups is 2. The smallest absolute Gasteiger partial charge is 0.339 e. The molecule has 0 bridgehead atoms. The summed E-state index contributed by atoms with van der Waals surface area (Å²) in [6.45, 7) is 3.12. The van der Waals surface area contributed by atoms with E-state index in [0.29, 0.717) is 12.0 Å². The van der Waals surface area contributed by atoms with Gasteiger partial charge in [-0.25, -0.2) is 4.79 Å². The van der Waals surface area contributed by atoms with Crippen molar-refractivity contribution in [2.75, 3.05) is 0 Å². The lowest BCUT2D eigenvalue weighted by molar-refractivity contribution is -0.134. The molecule has 1 aromatic carbocycles. The third kappa shape index (κ3) is 2.57. The molecule has 0 heterocycles. The second-order valence-corrected chi connectivity index (χ2v) is 3.43. The maximum Gasteiger partial charge on any atom is 0.339 e. The van der Waals surface area contributed by atoms with E-state index in [1.165, 1.54) is 6.92 Å². The molecule has 0 spiro atoms. The summed E-state index contributed by atoms with van der Waals surface area (Å²) in [6, 6.07) is 9.12. The quantitative estimate of drug-likeness (QED) is 0.480. The molecule has 0 saturated carbocycles. The summed E-state index contributed by atoms with van der Waals surface area (Å²) in [5.74, 6) is -1.57. The monoisotopic (exact) mass is 218 g/mol. The zero-order chi connectivity index (χ0) is 12.1. The number of benzene rings is 1. The fourth-order valence-corrected chi connectivity index (χ4v) is 1.66. The van der Waals surface area contributed by atoms with Crippen molar-refractivity contribution in [3.63, 3.8) is 0 Å². The lowest BCUT2D eigenvalue weighted by Crippen LogP contribution is -2.11. The minimum Gasteiger partial charge on any atom is -0.478 e. The fraction of sp³-hybridized carbons (Fsp3) is 0.231. The van der Waals surface area contributed by atoms with Crippen LogP contribution in [0.5, 0.6) is 0 Å². The maximum atomic E-state index is 11.3. The highest BCUT2D eigenvalue weighted by Crippen LogP contribution is 2.22. The van der Waals surface area contributed by atoms with Crippen molar-refractivity contribution in [1.82, 2.24) is 0 Å². The van der Waals surface area contributed by atoms with Crippen LogP contribution in [0.1, 0.15) is 25.8 Å². The van der Waals surface area contributed by atoms with E-state index in [1.807, 2.05) is 37.3 Å². The van der Waals surface area contributed by atoms with Crippen molar-refractivity contribution in [3.8, 4) is 0 Å². The molecule has 3 heteroatoms. The Kier molecular flexibility index (Phi) is 4.00. The Morgan fingerprint density at radius 2 is 1.75 bits per heavy atom. The SMILES string of the molecule is CCC(=C(C(C)=O)C(=O)O)c1ccccc1.